The second-order valence-corrected chi connectivity index (χ2v) is 12.2. The second kappa shape index (κ2) is 9.12. The molecule has 1 aromatic carbocycles. The van der Waals surface area contributed by atoms with Crippen molar-refractivity contribution in [3.8, 4) is 21.8 Å². The summed E-state index contributed by atoms with van der Waals surface area (Å²) < 4.78 is 24.4. The first-order valence-electron chi connectivity index (χ1n) is 11.4. The fourth-order valence-corrected chi connectivity index (χ4v) is 6.03. The molecule has 0 atom stereocenters. The molecule has 3 heterocycles. The van der Waals surface area contributed by atoms with E-state index in [9.17, 15) is 8.42 Å². The van der Waals surface area contributed by atoms with Crippen molar-refractivity contribution in [3.05, 3.63) is 41.5 Å². The first-order chi connectivity index (χ1) is 15.9. The van der Waals surface area contributed by atoms with Crippen LogP contribution in [0.5, 0.6) is 0 Å². The highest BCUT2D eigenvalue weighted by atomic mass is 32.2. The number of thiazole rings is 1. The minimum absolute atomic E-state index is 0.300. The molecule has 1 saturated heterocycles. The molecule has 3 aromatic rings. The van der Waals surface area contributed by atoms with Crippen LogP contribution in [0.15, 0.2) is 41.4 Å². The van der Waals surface area contributed by atoms with E-state index < -0.39 is 9.84 Å². The van der Waals surface area contributed by atoms with E-state index >= 15 is 0 Å². The highest BCUT2D eigenvalue weighted by Gasteiger charge is 2.26. The van der Waals surface area contributed by atoms with Crippen molar-refractivity contribution < 1.29 is 8.42 Å². The number of piperidine rings is 1. The number of likely N-dealkylation sites (tertiary alicyclic amines) is 1. The fourth-order valence-electron chi connectivity index (χ4n) is 4.14. The number of nitrogens with one attached hydrogen (secondary N) is 1. The Labute approximate surface area is 199 Å². The van der Waals surface area contributed by atoms with Gasteiger partial charge in [0.1, 0.15) is 0 Å². The Kier molecular flexibility index (Phi) is 6.20. The normalized spacial score (nSPS) is 17.9. The molecule has 0 amide bonds. The first-order valence-corrected chi connectivity index (χ1v) is 14.1. The number of hydrogen-bond acceptors (Lipinski definition) is 8. The predicted molar refractivity (Wildman–Crippen MR) is 132 cm³/mol. The number of hydrogen-bond donors (Lipinski definition) is 1. The van der Waals surface area contributed by atoms with E-state index in [1.807, 2.05) is 12.1 Å². The maximum absolute atomic E-state index is 12.2. The quantitative estimate of drug-likeness (QED) is 0.536. The van der Waals surface area contributed by atoms with Crippen molar-refractivity contribution in [2.75, 3.05) is 38.3 Å². The number of nitrogens with zero attached hydrogens (tertiary/aromatic N) is 4. The van der Waals surface area contributed by atoms with Gasteiger partial charge in [-0.15, -0.1) is 11.3 Å². The van der Waals surface area contributed by atoms with E-state index in [1.165, 1.54) is 19.1 Å². The number of sulfone groups is 1. The molecule has 2 fully saturated rings. The summed E-state index contributed by atoms with van der Waals surface area (Å²) in [7, 11) is -1.16. The monoisotopic (exact) mass is 483 g/mol. The van der Waals surface area contributed by atoms with Crippen molar-refractivity contribution in [1.82, 2.24) is 19.9 Å². The standard InChI is InChI=1S/C24H29N5O2S2/c1-29-12-9-17(10-13-29)23-28-21(18-4-3-5-19(14-18)33(2,30)31)22(32-23)20-8-11-25-24(27-20)26-15-16-6-7-16/h3-5,8,11,14,16-17H,6-7,9-10,12-13,15H2,1-2H3,(H,25,26,27). The summed E-state index contributed by atoms with van der Waals surface area (Å²) in [5.41, 5.74) is 2.42. The Bertz CT molecular complexity index is 1250. The summed E-state index contributed by atoms with van der Waals surface area (Å²) in [5.74, 6) is 1.77. The molecule has 174 valence electrons. The molecule has 1 aliphatic carbocycles. The van der Waals surface area contributed by atoms with Gasteiger partial charge in [-0.2, -0.15) is 0 Å². The summed E-state index contributed by atoms with van der Waals surface area (Å²) in [4.78, 5) is 17.9. The lowest BCUT2D eigenvalue weighted by molar-refractivity contribution is 0.255. The molecule has 1 saturated carbocycles. The molecule has 5 rings (SSSR count). The molecule has 7 nitrogen and oxygen atoms in total. The van der Waals surface area contributed by atoms with Crippen molar-refractivity contribution in [1.29, 1.82) is 0 Å². The molecule has 2 aromatic heterocycles. The summed E-state index contributed by atoms with van der Waals surface area (Å²) >= 11 is 1.68. The summed E-state index contributed by atoms with van der Waals surface area (Å²) in [5, 5.41) is 4.46. The molecule has 1 N–H and O–H groups in total. The minimum atomic E-state index is -3.31. The molecule has 0 radical (unpaired) electrons. The lowest BCUT2D eigenvalue weighted by Crippen LogP contribution is -2.29. The van der Waals surface area contributed by atoms with Crippen LogP contribution in [0.4, 0.5) is 5.95 Å². The van der Waals surface area contributed by atoms with Gasteiger partial charge < -0.3 is 10.2 Å². The maximum atomic E-state index is 12.2. The van der Waals surface area contributed by atoms with Crippen LogP contribution >= 0.6 is 11.3 Å². The Morgan fingerprint density at radius 3 is 2.64 bits per heavy atom. The Hall–Kier alpha value is -2.36. The maximum Gasteiger partial charge on any atom is 0.223 e. The Morgan fingerprint density at radius 2 is 1.91 bits per heavy atom. The van der Waals surface area contributed by atoms with Gasteiger partial charge in [0.05, 0.1) is 26.2 Å². The van der Waals surface area contributed by atoms with Gasteiger partial charge in [0.2, 0.25) is 5.95 Å². The van der Waals surface area contributed by atoms with Gasteiger partial charge in [-0.05, 0) is 69.9 Å². The highest BCUT2D eigenvalue weighted by molar-refractivity contribution is 7.90. The molecule has 33 heavy (non-hydrogen) atoms. The molecule has 9 heteroatoms. The van der Waals surface area contributed by atoms with E-state index in [0.29, 0.717) is 16.8 Å². The number of aromatic nitrogens is 3. The van der Waals surface area contributed by atoms with E-state index in [4.69, 9.17) is 9.97 Å². The van der Waals surface area contributed by atoms with Crippen molar-refractivity contribution in [2.24, 2.45) is 5.92 Å². The average Bonchev–Trinajstić information content (AvgIpc) is 3.54. The third-order valence-electron chi connectivity index (χ3n) is 6.38. The summed E-state index contributed by atoms with van der Waals surface area (Å²) in [6.45, 7) is 3.01. The van der Waals surface area contributed by atoms with Crippen LogP contribution < -0.4 is 5.32 Å². The van der Waals surface area contributed by atoms with Gasteiger partial charge in [0.15, 0.2) is 9.84 Å². The van der Waals surface area contributed by atoms with Crippen LogP contribution in [0.1, 0.15) is 36.6 Å². The zero-order chi connectivity index (χ0) is 23.0. The average molecular weight is 484 g/mol. The smallest absolute Gasteiger partial charge is 0.223 e. The van der Waals surface area contributed by atoms with Crippen LogP contribution in [0.2, 0.25) is 0 Å². The van der Waals surface area contributed by atoms with Crippen LogP contribution in [0, 0.1) is 5.92 Å². The van der Waals surface area contributed by atoms with Gasteiger partial charge in [-0.25, -0.2) is 23.4 Å². The van der Waals surface area contributed by atoms with Crippen molar-refractivity contribution in [2.45, 2.75) is 36.5 Å². The van der Waals surface area contributed by atoms with Crippen LogP contribution in [0.3, 0.4) is 0 Å². The Morgan fingerprint density at radius 1 is 1.12 bits per heavy atom. The largest absolute Gasteiger partial charge is 0.354 e. The van der Waals surface area contributed by atoms with Gasteiger partial charge in [0, 0.05) is 30.5 Å². The summed E-state index contributed by atoms with van der Waals surface area (Å²) in [6.07, 6.45) is 7.70. The predicted octanol–water partition coefficient (Wildman–Crippen LogP) is 4.30. The van der Waals surface area contributed by atoms with Gasteiger partial charge in [-0.3, -0.25) is 0 Å². The van der Waals surface area contributed by atoms with Gasteiger partial charge in [-0.1, -0.05) is 12.1 Å². The molecule has 0 bridgehead atoms. The van der Waals surface area contributed by atoms with Gasteiger partial charge >= 0.3 is 0 Å². The number of anilines is 1. The molecule has 2 aliphatic rings. The number of benzene rings is 1. The van der Waals surface area contributed by atoms with E-state index in [2.05, 4.69) is 22.2 Å². The molecular formula is C24H29N5O2S2. The highest BCUT2D eigenvalue weighted by Crippen LogP contribution is 2.41. The van der Waals surface area contributed by atoms with Crippen LogP contribution in [-0.2, 0) is 9.84 Å². The van der Waals surface area contributed by atoms with E-state index in [-0.39, 0.29) is 0 Å². The zero-order valence-corrected chi connectivity index (χ0v) is 20.6. The first kappa shape index (κ1) is 22.4. The van der Waals surface area contributed by atoms with Crippen molar-refractivity contribution in [3.63, 3.8) is 0 Å². The minimum Gasteiger partial charge on any atom is -0.354 e. The van der Waals surface area contributed by atoms with Crippen LogP contribution in [-0.4, -0.2) is 61.2 Å². The topological polar surface area (TPSA) is 88.1 Å². The third kappa shape index (κ3) is 5.26. The zero-order valence-electron chi connectivity index (χ0n) is 19.0. The third-order valence-corrected chi connectivity index (χ3v) is 8.73. The lowest BCUT2D eigenvalue weighted by Gasteiger charge is -2.27. The molecular weight excluding hydrogens is 454 g/mol. The van der Waals surface area contributed by atoms with E-state index in [0.717, 1.165) is 65.2 Å². The number of rotatable bonds is 7. The summed E-state index contributed by atoms with van der Waals surface area (Å²) in [6, 6.07) is 8.98. The van der Waals surface area contributed by atoms with Crippen LogP contribution in [0.25, 0.3) is 21.8 Å². The van der Waals surface area contributed by atoms with Gasteiger partial charge in [0.25, 0.3) is 0 Å². The molecule has 0 spiro atoms. The lowest BCUT2D eigenvalue weighted by atomic mass is 9.98. The molecule has 1 aliphatic heterocycles. The fraction of sp³-hybridized carbons (Fsp3) is 0.458. The van der Waals surface area contributed by atoms with Crippen molar-refractivity contribution >= 4 is 27.1 Å². The second-order valence-electron chi connectivity index (χ2n) is 9.20. The Balaban J connectivity index is 1.55. The van der Waals surface area contributed by atoms with E-state index in [1.54, 1.807) is 35.7 Å². The molecule has 0 unspecified atom stereocenters. The SMILES string of the molecule is CN1CCC(c2nc(-c3cccc(S(C)(=O)=O)c3)c(-c3ccnc(NCC4CC4)n3)s2)CC1.